The standard InChI is InChI=1S/C22H24N2O4/c1-14-12-15(27-2)6-7-17(14)22-8-9-23(21(25)26)13-18(22)16-4-3-5-19-20(16)24(22)10-11-28-19/h3-7,12,18H,8-11,13H2,1-2H3,(H,25,26). The van der Waals surface area contributed by atoms with Crippen molar-refractivity contribution >= 4 is 11.8 Å². The zero-order valence-electron chi connectivity index (χ0n) is 16.1. The van der Waals surface area contributed by atoms with Crippen LogP contribution in [0.4, 0.5) is 10.5 Å². The maximum atomic E-state index is 11.7. The second kappa shape index (κ2) is 6.06. The van der Waals surface area contributed by atoms with Gasteiger partial charge in [-0.15, -0.1) is 0 Å². The van der Waals surface area contributed by atoms with Crippen LogP contribution in [0.3, 0.4) is 0 Å². The van der Waals surface area contributed by atoms with Crippen LogP contribution in [-0.4, -0.2) is 49.5 Å². The van der Waals surface area contributed by atoms with E-state index < -0.39 is 6.09 Å². The number of anilines is 1. The summed E-state index contributed by atoms with van der Waals surface area (Å²) in [5.41, 5.74) is 4.51. The molecule has 2 aromatic carbocycles. The Morgan fingerprint density at radius 3 is 2.89 bits per heavy atom. The first kappa shape index (κ1) is 17.2. The molecule has 0 aromatic heterocycles. The fraction of sp³-hybridized carbons (Fsp3) is 0.409. The Morgan fingerprint density at radius 2 is 2.14 bits per heavy atom. The number of hydrogen-bond donors (Lipinski definition) is 1. The van der Waals surface area contributed by atoms with E-state index in [1.165, 1.54) is 16.7 Å². The molecule has 0 bridgehead atoms. The van der Waals surface area contributed by atoms with Crippen molar-refractivity contribution in [1.82, 2.24) is 4.90 Å². The summed E-state index contributed by atoms with van der Waals surface area (Å²) >= 11 is 0. The quantitative estimate of drug-likeness (QED) is 0.863. The van der Waals surface area contributed by atoms with Crippen LogP contribution in [0.25, 0.3) is 0 Å². The van der Waals surface area contributed by atoms with Gasteiger partial charge < -0.3 is 24.4 Å². The van der Waals surface area contributed by atoms with Gasteiger partial charge in [-0.1, -0.05) is 18.2 Å². The smallest absolute Gasteiger partial charge is 0.407 e. The summed E-state index contributed by atoms with van der Waals surface area (Å²) in [5.74, 6) is 1.82. The lowest BCUT2D eigenvalue weighted by molar-refractivity contribution is 0.105. The third kappa shape index (κ3) is 2.17. The zero-order valence-corrected chi connectivity index (χ0v) is 16.1. The van der Waals surface area contributed by atoms with Crippen LogP contribution in [0, 0.1) is 6.92 Å². The van der Waals surface area contributed by atoms with E-state index in [2.05, 4.69) is 30.0 Å². The molecule has 2 aromatic rings. The van der Waals surface area contributed by atoms with Gasteiger partial charge >= 0.3 is 6.09 Å². The van der Waals surface area contributed by atoms with Gasteiger partial charge in [0.1, 0.15) is 18.1 Å². The number of ether oxygens (including phenoxy) is 2. The number of benzene rings is 2. The van der Waals surface area contributed by atoms with Crippen molar-refractivity contribution < 1.29 is 19.4 Å². The van der Waals surface area contributed by atoms with E-state index in [0.717, 1.165) is 30.2 Å². The molecule has 0 aliphatic carbocycles. The molecule has 2 atom stereocenters. The Morgan fingerprint density at radius 1 is 1.29 bits per heavy atom. The molecular formula is C22H24N2O4. The number of hydrogen-bond acceptors (Lipinski definition) is 4. The van der Waals surface area contributed by atoms with E-state index in [-0.39, 0.29) is 11.5 Å². The number of carbonyl (C=O) groups is 1. The van der Waals surface area contributed by atoms with Gasteiger partial charge in [-0.05, 0) is 48.2 Å². The Balaban J connectivity index is 1.72. The number of rotatable bonds is 2. The highest BCUT2D eigenvalue weighted by molar-refractivity contribution is 5.76. The monoisotopic (exact) mass is 380 g/mol. The van der Waals surface area contributed by atoms with Crippen molar-refractivity contribution in [2.45, 2.75) is 24.8 Å². The van der Waals surface area contributed by atoms with Gasteiger partial charge in [-0.3, -0.25) is 0 Å². The summed E-state index contributed by atoms with van der Waals surface area (Å²) in [5, 5.41) is 9.64. The summed E-state index contributed by atoms with van der Waals surface area (Å²) in [6.07, 6.45) is -0.0899. The minimum atomic E-state index is -0.845. The molecule has 3 heterocycles. The molecule has 1 saturated heterocycles. The topological polar surface area (TPSA) is 62.2 Å². The zero-order chi connectivity index (χ0) is 19.5. The first-order valence-corrected chi connectivity index (χ1v) is 9.72. The summed E-state index contributed by atoms with van der Waals surface area (Å²) < 4.78 is 11.4. The third-order valence-corrected chi connectivity index (χ3v) is 6.64. The minimum absolute atomic E-state index is 0.0705. The number of fused-ring (bicyclic) bond motifs is 3. The average Bonchev–Trinajstić information content (AvgIpc) is 3.00. The molecule has 6 nitrogen and oxygen atoms in total. The maximum absolute atomic E-state index is 11.7. The minimum Gasteiger partial charge on any atom is -0.497 e. The van der Waals surface area contributed by atoms with Gasteiger partial charge in [0.25, 0.3) is 0 Å². The molecule has 2 unspecified atom stereocenters. The normalized spacial score (nSPS) is 25.0. The van der Waals surface area contributed by atoms with Crippen LogP contribution in [-0.2, 0) is 5.54 Å². The van der Waals surface area contributed by atoms with Crippen molar-refractivity contribution in [2.75, 3.05) is 38.3 Å². The highest BCUT2D eigenvalue weighted by Crippen LogP contribution is 2.60. The van der Waals surface area contributed by atoms with E-state index >= 15 is 0 Å². The van der Waals surface area contributed by atoms with Crippen LogP contribution in [0.5, 0.6) is 11.5 Å². The molecule has 3 aliphatic rings. The van der Waals surface area contributed by atoms with Crippen LogP contribution in [0.15, 0.2) is 36.4 Å². The predicted molar refractivity (Wildman–Crippen MR) is 106 cm³/mol. The summed E-state index contributed by atoms with van der Waals surface area (Å²) in [4.78, 5) is 15.8. The molecule has 1 N–H and O–H groups in total. The van der Waals surface area contributed by atoms with Crippen molar-refractivity contribution in [3.8, 4) is 11.5 Å². The Kier molecular flexibility index (Phi) is 3.73. The molecule has 0 spiro atoms. The fourth-order valence-electron chi connectivity index (χ4n) is 5.49. The van der Waals surface area contributed by atoms with Crippen molar-refractivity contribution in [3.05, 3.63) is 53.1 Å². The molecular weight excluding hydrogens is 356 g/mol. The first-order valence-electron chi connectivity index (χ1n) is 9.72. The highest BCUT2D eigenvalue weighted by atomic mass is 16.5. The Labute approximate surface area is 164 Å². The number of amides is 1. The van der Waals surface area contributed by atoms with Gasteiger partial charge in [0.2, 0.25) is 0 Å². The summed E-state index contributed by atoms with van der Waals surface area (Å²) in [7, 11) is 1.68. The molecule has 0 radical (unpaired) electrons. The second-order valence-electron chi connectivity index (χ2n) is 7.83. The number of para-hydroxylation sites is 1. The van der Waals surface area contributed by atoms with Gasteiger partial charge in [0, 0.05) is 19.0 Å². The number of carboxylic acid groups (broad SMARTS) is 1. The summed E-state index contributed by atoms with van der Waals surface area (Å²) in [6.45, 7) is 4.59. The molecule has 5 rings (SSSR count). The van der Waals surface area contributed by atoms with Gasteiger partial charge in [0.05, 0.1) is 24.9 Å². The van der Waals surface area contributed by atoms with E-state index in [1.54, 1.807) is 12.0 Å². The van der Waals surface area contributed by atoms with E-state index in [1.807, 2.05) is 18.2 Å². The number of nitrogens with zero attached hydrogens (tertiary/aromatic N) is 2. The highest BCUT2D eigenvalue weighted by Gasteiger charge is 2.57. The van der Waals surface area contributed by atoms with Gasteiger partial charge in [-0.2, -0.15) is 0 Å². The number of likely N-dealkylation sites (tertiary alicyclic amines) is 1. The molecule has 1 amide bonds. The van der Waals surface area contributed by atoms with E-state index in [0.29, 0.717) is 19.7 Å². The lowest BCUT2D eigenvalue weighted by Gasteiger charge is -2.50. The second-order valence-corrected chi connectivity index (χ2v) is 7.83. The number of piperidine rings is 1. The first-order chi connectivity index (χ1) is 13.6. The van der Waals surface area contributed by atoms with Crippen LogP contribution in [0.2, 0.25) is 0 Å². The maximum Gasteiger partial charge on any atom is 0.407 e. The lowest BCUT2D eigenvalue weighted by Crippen LogP contribution is -2.57. The number of aryl methyl sites for hydroxylation is 1. The van der Waals surface area contributed by atoms with Crippen LogP contribution >= 0.6 is 0 Å². The third-order valence-electron chi connectivity index (χ3n) is 6.64. The van der Waals surface area contributed by atoms with Crippen LogP contribution < -0.4 is 14.4 Å². The van der Waals surface area contributed by atoms with E-state index in [9.17, 15) is 9.90 Å². The van der Waals surface area contributed by atoms with Crippen LogP contribution in [0.1, 0.15) is 29.0 Å². The number of methoxy groups -OCH3 is 1. The molecule has 1 fully saturated rings. The molecule has 0 saturated carbocycles. The lowest BCUT2D eigenvalue weighted by atomic mass is 9.70. The van der Waals surface area contributed by atoms with Crippen molar-refractivity contribution in [1.29, 1.82) is 0 Å². The van der Waals surface area contributed by atoms with Crippen molar-refractivity contribution in [2.24, 2.45) is 0 Å². The van der Waals surface area contributed by atoms with Crippen molar-refractivity contribution in [3.63, 3.8) is 0 Å². The molecule has 3 aliphatic heterocycles. The summed E-state index contributed by atoms with van der Waals surface area (Å²) in [6, 6.07) is 12.4. The predicted octanol–water partition coefficient (Wildman–Crippen LogP) is 3.58. The Bertz CT molecular complexity index is 960. The average molecular weight is 380 g/mol. The SMILES string of the molecule is COc1ccc(C23CCN(C(=O)O)CC2c2cccc4c2N3CCO4)c(C)c1. The molecule has 6 heteroatoms. The van der Waals surface area contributed by atoms with Gasteiger partial charge in [-0.25, -0.2) is 4.79 Å². The largest absolute Gasteiger partial charge is 0.497 e. The Hall–Kier alpha value is -2.89. The van der Waals surface area contributed by atoms with Gasteiger partial charge in [0.15, 0.2) is 0 Å². The fourth-order valence-corrected chi connectivity index (χ4v) is 5.49. The van der Waals surface area contributed by atoms with E-state index in [4.69, 9.17) is 9.47 Å². The molecule has 28 heavy (non-hydrogen) atoms. The molecule has 146 valence electrons.